The van der Waals surface area contributed by atoms with Crippen LogP contribution in [0.3, 0.4) is 0 Å². The molecule has 38 heavy (non-hydrogen) atoms. The van der Waals surface area contributed by atoms with Crippen molar-refractivity contribution in [3.05, 3.63) is 79.2 Å². The minimum Gasteiger partial charge on any atom is -0.500 e. The third kappa shape index (κ3) is 7.68. The highest BCUT2D eigenvalue weighted by Crippen LogP contribution is 2.35. The molecule has 0 saturated carbocycles. The summed E-state index contributed by atoms with van der Waals surface area (Å²) in [7, 11) is 1.87. The fourth-order valence-corrected chi connectivity index (χ4v) is 5.64. The number of carbonyl (C=O) groups is 2. The van der Waals surface area contributed by atoms with Crippen LogP contribution in [0.2, 0.25) is 0 Å². The average Bonchev–Trinajstić information content (AvgIpc) is 3.34. The maximum absolute atomic E-state index is 12.0. The van der Waals surface area contributed by atoms with E-state index < -0.39 is 7.12 Å². The highest BCUT2D eigenvalue weighted by molar-refractivity contribution is 9.12. The zero-order valence-electron chi connectivity index (χ0n) is 23.6. The van der Waals surface area contributed by atoms with E-state index in [0.29, 0.717) is 22.8 Å². The molecule has 0 fully saturated rings. The number of ether oxygens (including phenoxy) is 2. The number of methoxy groups -OCH3 is 2. The van der Waals surface area contributed by atoms with Crippen molar-refractivity contribution in [1.82, 2.24) is 0 Å². The molecule has 0 bridgehead atoms. The first-order valence-electron chi connectivity index (χ1n) is 12.6. The highest BCUT2D eigenvalue weighted by Gasteiger charge is 2.27. The van der Waals surface area contributed by atoms with Gasteiger partial charge in [-0.1, -0.05) is 46.5 Å². The number of Topliss-reactive ketones (excluding diaryl/α,β-unsaturated/α-hetero) is 2. The molecule has 2 aliphatic rings. The second kappa shape index (κ2) is 13.9. The minimum atomic E-state index is -1.36. The molecule has 8 heteroatoms. The summed E-state index contributed by atoms with van der Waals surface area (Å²) in [5.41, 5.74) is 9.04. The normalized spacial score (nSPS) is 14.7. The molecule has 0 spiro atoms. The number of ketones is 2. The number of aryl methyl sites for hydroxylation is 6. The van der Waals surface area contributed by atoms with Crippen molar-refractivity contribution in [3.8, 4) is 0 Å². The van der Waals surface area contributed by atoms with Gasteiger partial charge in [-0.05, 0) is 79.6 Å². The van der Waals surface area contributed by atoms with Crippen molar-refractivity contribution >= 4 is 45.7 Å². The molecule has 0 unspecified atom stereocenters. The number of halogens is 1. The monoisotopic (exact) mass is 584 g/mol. The van der Waals surface area contributed by atoms with Crippen molar-refractivity contribution in [2.24, 2.45) is 0 Å². The van der Waals surface area contributed by atoms with Crippen molar-refractivity contribution < 1.29 is 29.1 Å². The van der Waals surface area contributed by atoms with Crippen molar-refractivity contribution in [3.63, 3.8) is 0 Å². The minimum absolute atomic E-state index is 0.145. The molecule has 0 atom stereocenters. The first kappa shape index (κ1) is 31.5. The second-order valence-electron chi connectivity index (χ2n) is 9.75. The van der Waals surface area contributed by atoms with Crippen LogP contribution in [0.4, 0.5) is 0 Å². The highest BCUT2D eigenvalue weighted by atomic mass is 79.9. The Labute approximate surface area is 235 Å². The fraction of sp³-hybridized carbons (Fsp3) is 0.400. The van der Waals surface area contributed by atoms with Crippen LogP contribution in [0.15, 0.2) is 40.3 Å². The van der Waals surface area contributed by atoms with Crippen LogP contribution in [0, 0.1) is 41.5 Å². The van der Waals surface area contributed by atoms with Crippen LogP contribution in [-0.4, -0.2) is 43.0 Å². The van der Waals surface area contributed by atoms with Gasteiger partial charge in [0.1, 0.15) is 11.5 Å². The van der Waals surface area contributed by atoms with Gasteiger partial charge in [0.25, 0.3) is 0 Å². The van der Waals surface area contributed by atoms with E-state index in [1.54, 1.807) is 14.2 Å². The molecule has 2 N–H and O–H groups in total. The molecule has 2 aromatic rings. The number of benzene rings is 2. The molecular weight excluding hydrogens is 547 g/mol. The maximum Gasteiger partial charge on any atom is 0.488 e. The molecule has 0 aliphatic heterocycles. The van der Waals surface area contributed by atoms with Gasteiger partial charge in [0.15, 0.2) is 11.6 Å². The second-order valence-corrected chi connectivity index (χ2v) is 10.5. The lowest BCUT2D eigenvalue weighted by Gasteiger charge is -2.13. The Hall–Kier alpha value is -2.68. The smallest absolute Gasteiger partial charge is 0.488 e. The first-order chi connectivity index (χ1) is 17.8. The number of rotatable bonds is 4. The number of carbonyl (C=O) groups excluding carboxylic acids is 2. The van der Waals surface area contributed by atoms with Crippen LogP contribution in [-0.2, 0) is 19.1 Å². The molecule has 0 radical (unpaired) electrons. The molecule has 0 amide bonds. The van der Waals surface area contributed by atoms with E-state index in [-0.39, 0.29) is 11.6 Å². The van der Waals surface area contributed by atoms with Crippen molar-refractivity contribution in [2.75, 3.05) is 14.2 Å². The summed E-state index contributed by atoms with van der Waals surface area (Å²) in [5, 5.41) is 18.1. The Morgan fingerprint density at radius 1 is 0.684 bits per heavy atom. The average molecular weight is 585 g/mol. The van der Waals surface area contributed by atoms with Crippen LogP contribution >= 0.6 is 15.9 Å². The van der Waals surface area contributed by atoms with Crippen molar-refractivity contribution in [1.29, 1.82) is 0 Å². The Morgan fingerprint density at radius 2 is 1.11 bits per heavy atom. The number of allylic oxidation sites excluding steroid dienone is 4. The molecule has 2 aromatic carbocycles. The summed E-state index contributed by atoms with van der Waals surface area (Å²) in [5.74, 6) is 1.97. The van der Waals surface area contributed by atoms with Crippen LogP contribution < -0.4 is 5.46 Å². The Morgan fingerprint density at radius 3 is 1.47 bits per heavy atom. The summed E-state index contributed by atoms with van der Waals surface area (Å²) >= 11 is 3.14. The van der Waals surface area contributed by atoms with Gasteiger partial charge in [0, 0.05) is 25.7 Å². The van der Waals surface area contributed by atoms with E-state index in [2.05, 4.69) is 48.8 Å². The summed E-state index contributed by atoms with van der Waals surface area (Å²) in [6.45, 7) is 11.9. The van der Waals surface area contributed by atoms with Crippen LogP contribution in [0.1, 0.15) is 64.6 Å². The van der Waals surface area contributed by atoms with E-state index in [4.69, 9.17) is 19.5 Å². The topological polar surface area (TPSA) is 93.1 Å². The largest absolute Gasteiger partial charge is 0.500 e. The third-order valence-electron chi connectivity index (χ3n) is 6.62. The predicted molar refractivity (Wildman–Crippen MR) is 157 cm³/mol. The summed E-state index contributed by atoms with van der Waals surface area (Å²) in [6, 6.07) is 8.13. The lowest BCUT2D eigenvalue weighted by Crippen LogP contribution is -2.34. The molecule has 4 rings (SSSR count). The van der Waals surface area contributed by atoms with Gasteiger partial charge >= 0.3 is 7.12 Å². The molecule has 0 aromatic heterocycles. The Kier molecular flexibility index (Phi) is 11.6. The molecule has 204 valence electrons. The lowest BCUT2D eigenvalue weighted by molar-refractivity contribution is -0.114. The van der Waals surface area contributed by atoms with Crippen LogP contribution in [0.25, 0.3) is 5.57 Å². The standard InChI is InChI=1S/C15H18O2.C9H13BO2.C6H7BrO2/c1-9-7-10(2)14(11(3)8-9)15-12(16)5-6-13(15)17-4;1-6-4-7(2)9(10(11)12)8(3)5-6;1-9-5-3-2-4(8)6(5)7/h7-8H,5-6H2,1-4H3;4-5,11-12H,1-3H3;2-3H2,1H3. The van der Waals surface area contributed by atoms with Gasteiger partial charge in [-0.2, -0.15) is 0 Å². The summed E-state index contributed by atoms with van der Waals surface area (Å²) < 4.78 is 10.9. The third-order valence-corrected chi connectivity index (χ3v) is 7.51. The van der Waals surface area contributed by atoms with Crippen molar-refractivity contribution in [2.45, 2.75) is 67.2 Å². The van der Waals surface area contributed by atoms with E-state index in [1.807, 2.05) is 32.9 Å². The summed E-state index contributed by atoms with van der Waals surface area (Å²) in [6.07, 6.45) is 2.64. The fourth-order valence-electron chi connectivity index (χ4n) is 5.08. The van der Waals surface area contributed by atoms with Gasteiger partial charge in [-0.3, -0.25) is 9.59 Å². The molecular formula is C30H38BBrO6. The lowest BCUT2D eigenvalue weighted by atomic mass is 9.74. The molecule has 0 saturated heterocycles. The Bertz CT molecular complexity index is 1230. The zero-order valence-corrected chi connectivity index (χ0v) is 25.2. The molecule has 2 aliphatic carbocycles. The van der Waals surface area contributed by atoms with Gasteiger partial charge < -0.3 is 19.5 Å². The first-order valence-corrected chi connectivity index (χ1v) is 13.4. The van der Waals surface area contributed by atoms with Crippen LogP contribution in [0.5, 0.6) is 0 Å². The Balaban J connectivity index is 0.000000212. The number of hydrogen-bond donors (Lipinski definition) is 2. The molecule has 0 heterocycles. The molecule has 6 nitrogen and oxygen atoms in total. The summed E-state index contributed by atoms with van der Waals surface area (Å²) in [4.78, 5) is 22.8. The predicted octanol–water partition coefficient (Wildman–Crippen LogP) is 5.23. The van der Waals surface area contributed by atoms with E-state index in [1.165, 1.54) is 5.56 Å². The quantitative estimate of drug-likeness (QED) is 0.478. The van der Waals surface area contributed by atoms with Gasteiger partial charge in [0.05, 0.1) is 24.3 Å². The van der Waals surface area contributed by atoms with E-state index >= 15 is 0 Å². The maximum atomic E-state index is 12.0. The van der Waals surface area contributed by atoms with Gasteiger partial charge in [-0.15, -0.1) is 0 Å². The van der Waals surface area contributed by atoms with Gasteiger partial charge in [0.2, 0.25) is 0 Å². The van der Waals surface area contributed by atoms with E-state index in [0.717, 1.165) is 63.3 Å². The zero-order chi connectivity index (χ0) is 28.7. The van der Waals surface area contributed by atoms with E-state index in [9.17, 15) is 9.59 Å². The SMILES string of the molecule is COC1=C(Br)C(=O)CC1.COC1=C(c2c(C)cc(C)cc2C)C(=O)CC1.Cc1cc(C)c(B(O)O)c(C)c1. The number of hydrogen-bond acceptors (Lipinski definition) is 6. The van der Waals surface area contributed by atoms with Gasteiger partial charge in [-0.25, -0.2) is 0 Å².